The molecule has 0 fully saturated rings. The van der Waals surface area contributed by atoms with E-state index in [2.05, 4.69) is 25.7 Å². The summed E-state index contributed by atoms with van der Waals surface area (Å²) in [5.41, 5.74) is 2.24. The van der Waals surface area contributed by atoms with Crippen LogP contribution in [0.4, 0.5) is 16.2 Å². The van der Waals surface area contributed by atoms with Crippen LogP contribution >= 0.6 is 11.6 Å². The van der Waals surface area contributed by atoms with Gasteiger partial charge < -0.3 is 20.4 Å². The number of nitrogens with one attached hydrogen (secondary N) is 4. The SMILES string of the molecule is CC/C=C/C[C@H](NC(=O)c1cccc2ccccc12)c1nc(-c2ccc(NC(=O)OC)cc2NC=O)c(Cl)[nH]1. The fourth-order valence-corrected chi connectivity index (χ4v) is 4.43. The summed E-state index contributed by atoms with van der Waals surface area (Å²) in [7, 11) is 1.25. The van der Waals surface area contributed by atoms with Crippen LogP contribution in [0.5, 0.6) is 0 Å². The fourth-order valence-electron chi connectivity index (χ4n) is 4.19. The molecule has 0 unspecified atom stereocenters. The first-order valence-electron chi connectivity index (χ1n) is 12.3. The van der Waals surface area contributed by atoms with Crippen molar-refractivity contribution in [3.05, 3.63) is 89.4 Å². The number of anilines is 2. The summed E-state index contributed by atoms with van der Waals surface area (Å²) in [4.78, 5) is 44.1. The number of hydrogen-bond donors (Lipinski definition) is 4. The Kier molecular flexibility index (Phi) is 8.96. The van der Waals surface area contributed by atoms with Crippen molar-refractivity contribution in [2.45, 2.75) is 25.8 Å². The molecule has 3 amide bonds. The van der Waals surface area contributed by atoms with Gasteiger partial charge in [-0.05, 0) is 47.9 Å². The van der Waals surface area contributed by atoms with Gasteiger partial charge in [-0.15, -0.1) is 0 Å². The molecular weight excluding hydrogens is 518 g/mol. The first-order chi connectivity index (χ1) is 18.9. The van der Waals surface area contributed by atoms with E-state index in [0.717, 1.165) is 17.2 Å². The Balaban J connectivity index is 1.68. The predicted octanol–water partition coefficient (Wildman–Crippen LogP) is 6.46. The van der Waals surface area contributed by atoms with Crippen molar-refractivity contribution < 1.29 is 19.1 Å². The molecule has 4 N–H and O–H groups in total. The number of benzene rings is 3. The average molecular weight is 546 g/mol. The van der Waals surface area contributed by atoms with Gasteiger partial charge in [0.25, 0.3) is 5.91 Å². The quantitative estimate of drug-likeness (QED) is 0.134. The van der Waals surface area contributed by atoms with Crippen LogP contribution < -0.4 is 16.0 Å². The van der Waals surface area contributed by atoms with E-state index in [0.29, 0.717) is 46.9 Å². The summed E-state index contributed by atoms with van der Waals surface area (Å²) in [6.45, 7) is 2.03. The molecule has 1 atom stereocenters. The lowest BCUT2D eigenvalue weighted by Gasteiger charge is -2.16. The van der Waals surface area contributed by atoms with E-state index in [1.165, 1.54) is 7.11 Å². The van der Waals surface area contributed by atoms with Gasteiger partial charge in [-0.25, -0.2) is 9.78 Å². The normalized spacial score (nSPS) is 11.8. The number of carbonyl (C=O) groups is 3. The fraction of sp³-hybridized carbons (Fsp3) is 0.172. The molecule has 1 heterocycles. The standard InChI is InChI=1S/C29H28ClN5O4/c1-3-4-5-13-23(33-28(37)21-12-8-10-18-9-6-7-11-20(18)21)27-34-25(26(30)35-27)22-15-14-19(32-29(38)39-2)16-24(22)31-17-36/h4-12,14-17,23H,3,13H2,1-2H3,(H,31,36)(H,32,38)(H,33,37)(H,34,35)/b5-4+/t23-/m0/s1. The van der Waals surface area contributed by atoms with Crippen molar-refractivity contribution in [3.8, 4) is 11.3 Å². The van der Waals surface area contributed by atoms with Gasteiger partial charge in [0.15, 0.2) is 0 Å². The van der Waals surface area contributed by atoms with Gasteiger partial charge in [0.2, 0.25) is 6.41 Å². The Morgan fingerprint density at radius 1 is 1.10 bits per heavy atom. The van der Waals surface area contributed by atoms with Crippen LogP contribution in [0.3, 0.4) is 0 Å². The van der Waals surface area contributed by atoms with Crippen molar-refractivity contribution in [2.75, 3.05) is 17.7 Å². The summed E-state index contributed by atoms with van der Waals surface area (Å²) in [5.74, 6) is 0.218. The topological polar surface area (TPSA) is 125 Å². The molecule has 3 aromatic carbocycles. The first kappa shape index (κ1) is 27.4. The second kappa shape index (κ2) is 12.7. The van der Waals surface area contributed by atoms with Crippen molar-refractivity contribution in [3.63, 3.8) is 0 Å². The number of imidazole rings is 1. The van der Waals surface area contributed by atoms with Gasteiger partial charge in [0, 0.05) is 16.8 Å². The number of aromatic nitrogens is 2. The lowest BCUT2D eigenvalue weighted by atomic mass is 10.0. The minimum atomic E-state index is -0.648. The van der Waals surface area contributed by atoms with Crippen molar-refractivity contribution >= 4 is 52.2 Å². The summed E-state index contributed by atoms with van der Waals surface area (Å²) in [5, 5.41) is 10.3. The number of fused-ring (bicyclic) bond motifs is 1. The third-order valence-corrected chi connectivity index (χ3v) is 6.32. The number of aromatic amines is 1. The number of rotatable bonds is 10. The van der Waals surface area contributed by atoms with E-state index in [9.17, 15) is 14.4 Å². The van der Waals surface area contributed by atoms with Gasteiger partial charge in [-0.2, -0.15) is 0 Å². The highest BCUT2D eigenvalue weighted by atomic mass is 35.5. The molecule has 0 saturated carbocycles. The molecular formula is C29H28ClN5O4. The van der Waals surface area contributed by atoms with Crippen LogP contribution in [0.1, 0.15) is 42.0 Å². The second-order valence-corrected chi connectivity index (χ2v) is 8.97. The van der Waals surface area contributed by atoms with E-state index in [-0.39, 0.29) is 11.1 Å². The molecule has 39 heavy (non-hydrogen) atoms. The maximum atomic E-state index is 13.4. The van der Waals surface area contributed by atoms with Gasteiger partial charge in [0.1, 0.15) is 16.7 Å². The smallest absolute Gasteiger partial charge is 0.411 e. The molecule has 4 aromatic rings. The highest BCUT2D eigenvalue weighted by Gasteiger charge is 2.23. The van der Waals surface area contributed by atoms with E-state index in [1.807, 2.05) is 55.5 Å². The number of halogens is 1. The van der Waals surface area contributed by atoms with Crippen LogP contribution in [-0.4, -0.2) is 35.5 Å². The number of ether oxygens (including phenoxy) is 1. The highest BCUT2D eigenvalue weighted by Crippen LogP contribution is 2.35. The second-order valence-electron chi connectivity index (χ2n) is 8.59. The Morgan fingerprint density at radius 2 is 1.90 bits per heavy atom. The zero-order valence-electron chi connectivity index (χ0n) is 21.5. The Morgan fingerprint density at radius 3 is 2.67 bits per heavy atom. The number of allylic oxidation sites excluding steroid dienone is 1. The number of amides is 3. The summed E-state index contributed by atoms with van der Waals surface area (Å²) in [6.07, 6.45) is 5.20. The zero-order valence-corrected chi connectivity index (χ0v) is 22.2. The first-order valence-corrected chi connectivity index (χ1v) is 12.7. The van der Waals surface area contributed by atoms with Crippen molar-refractivity contribution in [1.29, 1.82) is 0 Å². The molecule has 0 saturated heterocycles. The number of H-pyrrole nitrogens is 1. The van der Waals surface area contributed by atoms with Crippen LogP contribution in [0.25, 0.3) is 22.0 Å². The minimum Gasteiger partial charge on any atom is -0.453 e. The predicted molar refractivity (Wildman–Crippen MR) is 153 cm³/mol. The molecule has 10 heteroatoms. The van der Waals surface area contributed by atoms with Crippen molar-refractivity contribution in [1.82, 2.24) is 15.3 Å². The van der Waals surface area contributed by atoms with Crippen molar-refractivity contribution in [2.24, 2.45) is 0 Å². The van der Waals surface area contributed by atoms with E-state index < -0.39 is 12.1 Å². The lowest BCUT2D eigenvalue weighted by Crippen LogP contribution is -2.29. The van der Waals surface area contributed by atoms with Gasteiger partial charge >= 0.3 is 6.09 Å². The monoisotopic (exact) mass is 545 g/mol. The number of methoxy groups -OCH3 is 1. The molecule has 0 aliphatic heterocycles. The number of carbonyl (C=O) groups excluding carboxylic acids is 3. The third-order valence-electron chi connectivity index (χ3n) is 6.04. The largest absolute Gasteiger partial charge is 0.453 e. The summed E-state index contributed by atoms with van der Waals surface area (Å²) < 4.78 is 4.63. The van der Waals surface area contributed by atoms with Crippen LogP contribution in [0.2, 0.25) is 5.15 Å². The number of hydrogen-bond acceptors (Lipinski definition) is 5. The minimum absolute atomic E-state index is 0.233. The van der Waals surface area contributed by atoms with E-state index in [1.54, 1.807) is 24.3 Å². The summed E-state index contributed by atoms with van der Waals surface area (Å²) in [6, 6.07) is 17.7. The molecule has 0 aliphatic rings. The van der Waals surface area contributed by atoms with Gasteiger partial charge in [-0.3, -0.25) is 14.9 Å². The molecule has 9 nitrogen and oxygen atoms in total. The molecule has 4 rings (SSSR count). The molecule has 0 bridgehead atoms. The molecule has 0 aliphatic carbocycles. The number of nitrogens with zero attached hydrogens (tertiary/aromatic N) is 1. The Hall–Kier alpha value is -4.63. The van der Waals surface area contributed by atoms with Crippen LogP contribution in [0, 0.1) is 0 Å². The highest BCUT2D eigenvalue weighted by molar-refractivity contribution is 6.32. The Bertz CT molecular complexity index is 1530. The van der Waals surface area contributed by atoms with E-state index >= 15 is 0 Å². The summed E-state index contributed by atoms with van der Waals surface area (Å²) >= 11 is 6.58. The van der Waals surface area contributed by atoms with Gasteiger partial charge in [0.05, 0.1) is 18.8 Å². The maximum absolute atomic E-state index is 13.4. The zero-order chi connectivity index (χ0) is 27.8. The Labute approximate surface area is 230 Å². The maximum Gasteiger partial charge on any atom is 0.411 e. The van der Waals surface area contributed by atoms with Crippen LogP contribution in [0.15, 0.2) is 72.8 Å². The van der Waals surface area contributed by atoms with Crippen LogP contribution in [-0.2, 0) is 9.53 Å². The molecule has 0 radical (unpaired) electrons. The van der Waals surface area contributed by atoms with Gasteiger partial charge in [-0.1, -0.05) is 67.1 Å². The molecule has 0 spiro atoms. The van der Waals surface area contributed by atoms with E-state index in [4.69, 9.17) is 16.6 Å². The molecule has 1 aromatic heterocycles. The average Bonchev–Trinajstić information content (AvgIpc) is 3.33. The molecule has 200 valence electrons. The third kappa shape index (κ3) is 6.45. The lowest BCUT2D eigenvalue weighted by molar-refractivity contribution is -0.105.